The highest BCUT2D eigenvalue weighted by atomic mass is 35.5. The topological polar surface area (TPSA) is 86.1 Å². The van der Waals surface area contributed by atoms with Gasteiger partial charge in [0.1, 0.15) is 12.4 Å². The third-order valence-corrected chi connectivity index (χ3v) is 7.31. The van der Waals surface area contributed by atoms with Crippen molar-refractivity contribution in [3.05, 3.63) is 114 Å². The average Bonchev–Trinajstić information content (AvgIpc) is 3.28. The lowest BCUT2D eigenvalue weighted by Gasteiger charge is -2.08. The summed E-state index contributed by atoms with van der Waals surface area (Å²) in [6, 6.07) is 23.1. The zero-order chi connectivity index (χ0) is 24.3. The second-order valence-corrected chi connectivity index (χ2v) is 10.0. The number of aromatic nitrogens is 3. The van der Waals surface area contributed by atoms with Crippen LogP contribution in [0.5, 0.6) is 5.75 Å². The molecular weight excluding hydrogens is 484 g/mol. The quantitative estimate of drug-likeness (QED) is 0.300. The summed E-state index contributed by atoms with van der Waals surface area (Å²) in [6.07, 6.45) is 4.78. The van der Waals surface area contributed by atoms with Crippen LogP contribution in [0, 0.1) is 0 Å². The number of halogens is 1. The molecular formula is C26H21ClN4O3S. The highest BCUT2D eigenvalue weighted by Gasteiger charge is 2.22. The van der Waals surface area contributed by atoms with Gasteiger partial charge in [-0.25, -0.2) is 17.4 Å². The average molecular weight is 505 g/mol. The maximum absolute atomic E-state index is 13.2. The summed E-state index contributed by atoms with van der Waals surface area (Å²) >= 11 is 5.92. The van der Waals surface area contributed by atoms with Gasteiger partial charge in [0.15, 0.2) is 5.65 Å². The molecule has 3 heterocycles. The molecule has 0 amide bonds. The van der Waals surface area contributed by atoms with Gasteiger partial charge in [0.25, 0.3) is 10.0 Å². The molecule has 3 aromatic heterocycles. The van der Waals surface area contributed by atoms with Gasteiger partial charge in [0, 0.05) is 28.7 Å². The van der Waals surface area contributed by atoms with Crippen LogP contribution in [-0.4, -0.2) is 22.4 Å². The Morgan fingerprint density at radius 2 is 1.71 bits per heavy atom. The summed E-state index contributed by atoms with van der Waals surface area (Å²) in [6.45, 7) is 0.802. The maximum atomic E-state index is 13.2. The van der Waals surface area contributed by atoms with Crippen LogP contribution in [0.15, 0.2) is 102 Å². The molecule has 0 saturated heterocycles. The number of anilines is 1. The van der Waals surface area contributed by atoms with E-state index in [1.807, 2.05) is 36.4 Å². The standard InChI is InChI=1S/C26H21ClN4O3S/c27-20-9-12-21(13-10-20)30-16-22-11-8-19(15-29-22)18-34-25-17-31(26-24(25)7-4-14-28-26)35(32,33)23-5-2-1-3-6-23/h1-15,17,30H,16,18H2. The molecule has 0 atom stereocenters. The van der Waals surface area contributed by atoms with Gasteiger partial charge in [-0.3, -0.25) is 4.98 Å². The summed E-state index contributed by atoms with van der Waals surface area (Å²) in [5.74, 6) is 0.432. The van der Waals surface area contributed by atoms with Crippen molar-refractivity contribution in [3.63, 3.8) is 0 Å². The predicted octanol–water partition coefficient (Wildman–Crippen LogP) is 5.51. The number of hydrogen-bond donors (Lipinski definition) is 1. The summed E-state index contributed by atoms with van der Waals surface area (Å²) in [5.41, 5.74) is 3.00. The molecule has 0 spiro atoms. The first kappa shape index (κ1) is 22.9. The molecule has 0 radical (unpaired) electrons. The summed E-state index contributed by atoms with van der Waals surface area (Å²) in [7, 11) is -3.82. The predicted molar refractivity (Wildman–Crippen MR) is 136 cm³/mol. The number of benzene rings is 2. The fourth-order valence-electron chi connectivity index (χ4n) is 3.57. The minimum atomic E-state index is -3.82. The van der Waals surface area contributed by atoms with Gasteiger partial charge in [-0.2, -0.15) is 0 Å². The third kappa shape index (κ3) is 4.99. The first-order chi connectivity index (χ1) is 17.0. The van der Waals surface area contributed by atoms with Gasteiger partial charge in [0.05, 0.1) is 28.7 Å². The number of nitrogens with zero attached hydrogens (tertiary/aromatic N) is 3. The van der Waals surface area contributed by atoms with E-state index in [9.17, 15) is 8.42 Å². The van der Waals surface area contributed by atoms with Crippen molar-refractivity contribution in [2.75, 3.05) is 5.32 Å². The van der Waals surface area contributed by atoms with Crippen molar-refractivity contribution in [3.8, 4) is 5.75 Å². The van der Waals surface area contributed by atoms with E-state index in [1.165, 1.54) is 6.20 Å². The van der Waals surface area contributed by atoms with E-state index < -0.39 is 10.0 Å². The van der Waals surface area contributed by atoms with E-state index in [0.29, 0.717) is 28.4 Å². The highest BCUT2D eigenvalue weighted by molar-refractivity contribution is 7.90. The number of fused-ring (bicyclic) bond motifs is 1. The Balaban J connectivity index is 1.31. The molecule has 0 aliphatic carbocycles. The van der Waals surface area contributed by atoms with Crippen molar-refractivity contribution in [1.29, 1.82) is 0 Å². The second-order valence-electron chi connectivity index (χ2n) is 7.79. The molecule has 0 saturated carbocycles. The fourth-order valence-corrected chi connectivity index (χ4v) is 5.03. The van der Waals surface area contributed by atoms with E-state index in [-0.39, 0.29) is 11.5 Å². The van der Waals surface area contributed by atoms with Crippen molar-refractivity contribution in [2.45, 2.75) is 18.0 Å². The Labute approximate surface area is 208 Å². The smallest absolute Gasteiger partial charge is 0.269 e. The van der Waals surface area contributed by atoms with Gasteiger partial charge >= 0.3 is 0 Å². The zero-order valence-corrected chi connectivity index (χ0v) is 20.1. The van der Waals surface area contributed by atoms with Crippen LogP contribution in [0.2, 0.25) is 5.02 Å². The zero-order valence-electron chi connectivity index (χ0n) is 18.5. The lowest BCUT2D eigenvalue weighted by molar-refractivity contribution is 0.309. The van der Waals surface area contributed by atoms with E-state index in [2.05, 4.69) is 15.3 Å². The molecule has 5 rings (SSSR count). The Kier molecular flexibility index (Phi) is 6.39. The first-order valence-corrected chi connectivity index (χ1v) is 12.7. The SMILES string of the molecule is O=S(=O)(c1ccccc1)n1cc(OCc2ccc(CNc3ccc(Cl)cc3)nc2)c2cccnc21. The molecule has 1 N–H and O–H groups in total. The van der Waals surface area contributed by atoms with E-state index >= 15 is 0 Å². The minimum Gasteiger partial charge on any atom is -0.486 e. The highest BCUT2D eigenvalue weighted by Crippen LogP contribution is 2.30. The normalized spacial score (nSPS) is 11.5. The van der Waals surface area contributed by atoms with Crippen molar-refractivity contribution >= 4 is 38.3 Å². The van der Waals surface area contributed by atoms with Crippen LogP contribution >= 0.6 is 11.6 Å². The molecule has 0 bridgehead atoms. The van der Waals surface area contributed by atoms with Crippen LogP contribution in [0.4, 0.5) is 5.69 Å². The molecule has 9 heteroatoms. The molecule has 7 nitrogen and oxygen atoms in total. The summed E-state index contributed by atoms with van der Waals surface area (Å²) in [4.78, 5) is 8.96. The van der Waals surface area contributed by atoms with E-state index in [0.717, 1.165) is 20.9 Å². The van der Waals surface area contributed by atoms with E-state index in [4.69, 9.17) is 16.3 Å². The lowest BCUT2D eigenvalue weighted by Crippen LogP contribution is -2.12. The Morgan fingerprint density at radius 3 is 2.46 bits per heavy atom. The van der Waals surface area contributed by atoms with Crippen molar-refractivity contribution in [1.82, 2.24) is 13.9 Å². The largest absolute Gasteiger partial charge is 0.486 e. The summed E-state index contributed by atoms with van der Waals surface area (Å²) in [5, 5.41) is 4.60. The van der Waals surface area contributed by atoms with Crippen LogP contribution in [0.3, 0.4) is 0 Å². The number of hydrogen-bond acceptors (Lipinski definition) is 6. The van der Waals surface area contributed by atoms with Crippen LogP contribution < -0.4 is 10.1 Å². The Morgan fingerprint density at radius 1 is 0.914 bits per heavy atom. The van der Waals surface area contributed by atoms with Crippen molar-refractivity contribution in [2.24, 2.45) is 0 Å². The molecule has 0 aliphatic rings. The molecule has 0 aliphatic heterocycles. The molecule has 2 aromatic carbocycles. The monoisotopic (exact) mass is 504 g/mol. The van der Waals surface area contributed by atoms with Gasteiger partial charge in [-0.15, -0.1) is 0 Å². The molecule has 0 unspecified atom stereocenters. The van der Waals surface area contributed by atoms with Gasteiger partial charge in [-0.05, 0) is 54.6 Å². The third-order valence-electron chi connectivity index (χ3n) is 5.39. The van der Waals surface area contributed by atoms with E-state index in [1.54, 1.807) is 54.9 Å². The molecule has 176 valence electrons. The van der Waals surface area contributed by atoms with Crippen molar-refractivity contribution < 1.29 is 13.2 Å². The number of pyridine rings is 2. The van der Waals surface area contributed by atoms with Crippen LogP contribution in [0.25, 0.3) is 11.0 Å². The fraction of sp³-hybridized carbons (Fsp3) is 0.0769. The lowest BCUT2D eigenvalue weighted by atomic mass is 10.2. The molecule has 35 heavy (non-hydrogen) atoms. The minimum absolute atomic E-state index is 0.182. The van der Waals surface area contributed by atoms with Crippen LogP contribution in [-0.2, 0) is 23.2 Å². The number of rotatable bonds is 8. The second kappa shape index (κ2) is 9.77. The Bertz CT molecular complexity index is 1550. The van der Waals surface area contributed by atoms with Gasteiger partial charge < -0.3 is 10.1 Å². The Hall–Kier alpha value is -3.88. The molecule has 5 aromatic rings. The van der Waals surface area contributed by atoms with Gasteiger partial charge in [-0.1, -0.05) is 35.9 Å². The van der Waals surface area contributed by atoms with Crippen LogP contribution in [0.1, 0.15) is 11.3 Å². The number of ether oxygens (including phenoxy) is 1. The summed E-state index contributed by atoms with van der Waals surface area (Å²) < 4.78 is 33.6. The van der Waals surface area contributed by atoms with Gasteiger partial charge in [0.2, 0.25) is 0 Å². The molecule has 0 fully saturated rings. The first-order valence-electron chi connectivity index (χ1n) is 10.8. The number of nitrogens with one attached hydrogen (secondary N) is 1. The maximum Gasteiger partial charge on any atom is 0.269 e.